The maximum atomic E-state index is 10.5. The molecule has 7 nitrogen and oxygen atoms in total. The molecule has 0 saturated carbocycles. The van der Waals surface area contributed by atoms with Crippen LogP contribution in [0, 0.1) is 10.1 Å². The predicted octanol–water partition coefficient (Wildman–Crippen LogP) is 1.17. The highest BCUT2D eigenvalue weighted by Crippen LogP contribution is 2.28. The Kier molecular flexibility index (Phi) is 1.77. The zero-order chi connectivity index (χ0) is 11.1. The van der Waals surface area contributed by atoms with Crippen molar-refractivity contribution in [1.29, 1.82) is 0 Å². The molecule has 0 radical (unpaired) electrons. The molecular weight excluding hydrogens is 230 g/mol. The van der Waals surface area contributed by atoms with Gasteiger partial charge in [-0.05, 0) is 6.07 Å². The first-order valence-corrected chi connectivity index (χ1v) is 5.19. The van der Waals surface area contributed by atoms with E-state index in [4.69, 9.17) is 0 Å². The molecule has 3 heterocycles. The second-order valence-corrected chi connectivity index (χ2v) is 4.11. The summed E-state index contributed by atoms with van der Waals surface area (Å²) in [7, 11) is 0. The minimum absolute atomic E-state index is 0.121. The van der Waals surface area contributed by atoms with E-state index in [-0.39, 0.29) is 5.00 Å². The lowest BCUT2D eigenvalue weighted by Crippen LogP contribution is -2.16. The second kappa shape index (κ2) is 3.14. The van der Waals surface area contributed by atoms with Crippen molar-refractivity contribution in [1.82, 2.24) is 9.66 Å². The molecule has 0 saturated heterocycles. The van der Waals surface area contributed by atoms with Gasteiger partial charge in [-0.15, -0.1) is 10.2 Å². The highest BCUT2D eigenvalue weighted by Gasteiger charge is 2.30. The van der Waals surface area contributed by atoms with Gasteiger partial charge in [0.2, 0.25) is 5.84 Å². The van der Waals surface area contributed by atoms with Crippen LogP contribution >= 0.6 is 11.3 Å². The van der Waals surface area contributed by atoms with Gasteiger partial charge >= 0.3 is 5.00 Å². The molecule has 80 valence electrons. The average molecular weight is 235 g/mol. The third-order valence-electron chi connectivity index (χ3n) is 2.04. The Morgan fingerprint density at radius 1 is 1.44 bits per heavy atom. The summed E-state index contributed by atoms with van der Waals surface area (Å²) in [6.45, 7) is 0. The van der Waals surface area contributed by atoms with E-state index in [1.165, 1.54) is 6.07 Å². The lowest BCUT2D eigenvalue weighted by atomic mass is 10.4. The van der Waals surface area contributed by atoms with Crippen LogP contribution in [0.1, 0.15) is 4.88 Å². The van der Waals surface area contributed by atoms with Crippen molar-refractivity contribution in [2.75, 3.05) is 5.12 Å². The van der Waals surface area contributed by atoms with E-state index in [9.17, 15) is 10.1 Å². The van der Waals surface area contributed by atoms with Gasteiger partial charge in [0.1, 0.15) is 6.33 Å². The van der Waals surface area contributed by atoms with E-state index in [1.54, 1.807) is 34.6 Å². The molecule has 0 bridgehead atoms. The molecule has 0 aliphatic carbocycles. The predicted molar refractivity (Wildman–Crippen MR) is 58.0 cm³/mol. The molecule has 8 heteroatoms. The van der Waals surface area contributed by atoms with Crippen LogP contribution in [0.3, 0.4) is 0 Å². The normalized spacial score (nSPS) is 13.8. The standard InChI is InChI=1S/C8H5N5O2S/c14-13(15)7-2-1-6(16-7)8-10-12(8)11-4-3-9-5-11/h1-5H. The van der Waals surface area contributed by atoms with E-state index in [2.05, 4.69) is 10.1 Å². The summed E-state index contributed by atoms with van der Waals surface area (Å²) in [6, 6.07) is 3.17. The number of aromatic nitrogens is 2. The van der Waals surface area contributed by atoms with E-state index >= 15 is 0 Å². The summed E-state index contributed by atoms with van der Waals surface area (Å²) in [5, 5.41) is 16.4. The Hall–Kier alpha value is -2.22. The molecule has 2 aromatic rings. The molecule has 3 rings (SSSR count). The van der Waals surface area contributed by atoms with Gasteiger partial charge in [-0.2, -0.15) is 0 Å². The average Bonchev–Trinajstić information content (AvgIpc) is 2.74. The first-order chi connectivity index (χ1) is 7.75. The van der Waals surface area contributed by atoms with E-state index in [0.717, 1.165) is 22.0 Å². The molecule has 2 aromatic heterocycles. The van der Waals surface area contributed by atoms with Gasteiger partial charge < -0.3 is 0 Å². The molecular formula is C8H5N5O2S. The fourth-order valence-electron chi connectivity index (χ4n) is 1.29. The number of nitro groups is 1. The summed E-state index contributed by atoms with van der Waals surface area (Å²) >= 11 is 1.11. The highest BCUT2D eigenvalue weighted by molar-refractivity contribution is 7.17. The SMILES string of the molecule is O=[N+]([O-])c1ccc(C2=NN2n2ccnc2)s1. The number of hydrogen-bond acceptors (Lipinski definition) is 6. The molecule has 0 fully saturated rings. The van der Waals surface area contributed by atoms with Gasteiger partial charge in [0, 0.05) is 18.5 Å². The minimum atomic E-state index is -0.404. The van der Waals surface area contributed by atoms with Gasteiger partial charge in [0.05, 0.1) is 9.80 Å². The first-order valence-electron chi connectivity index (χ1n) is 4.37. The van der Waals surface area contributed by atoms with Gasteiger partial charge in [0.25, 0.3) is 0 Å². The Bertz CT molecular complexity index is 573. The molecule has 0 unspecified atom stereocenters. The van der Waals surface area contributed by atoms with Crippen LogP contribution in [0.25, 0.3) is 0 Å². The van der Waals surface area contributed by atoms with Crippen molar-refractivity contribution in [3.8, 4) is 0 Å². The van der Waals surface area contributed by atoms with E-state index in [0.29, 0.717) is 0 Å². The topological polar surface area (TPSA) is 76.3 Å². The molecule has 16 heavy (non-hydrogen) atoms. The molecule has 0 N–H and O–H groups in total. The summed E-state index contributed by atoms with van der Waals surface area (Å²) in [6.07, 6.45) is 5.00. The fourth-order valence-corrected chi connectivity index (χ4v) is 2.07. The van der Waals surface area contributed by atoms with Crippen molar-refractivity contribution in [2.24, 2.45) is 5.10 Å². The van der Waals surface area contributed by atoms with Crippen molar-refractivity contribution in [2.45, 2.75) is 0 Å². The monoisotopic (exact) mass is 235 g/mol. The van der Waals surface area contributed by atoms with Crippen molar-refractivity contribution in [3.63, 3.8) is 0 Å². The Morgan fingerprint density at radius 3 is 2.94 bits per heavy atom. The fraction of sp³-hybridized carbons (Fsp3) is 0. The largest absolute Gasteiger partial charge is 0.324 e. The van der Waals surface area contributed by atoms with Gasteiger partial charge in [-0.1, -0.05) is 11.3 Å². The summed E-state index contributed by atoms with van der Waals surface area (Å²) < 4.78 is 1.70. The molecule has 0 amide bonds. The summed E-state index contributed by atoms with van der Waals surface area (Å²) in [5.74, 6) is 0.719. The Labute approximate surface area is 93.4 Å². The third kappa shape index (κ3) is 1.36. The maximum Gasteiger partial charge on any atom is 0.324 e. The number of thiophene rings is 1. The number of hydrogen-bond donors (Lipinski definition) is 0. The molecule has 0 aromatic carbocycles. The van der Waals surface area contributed by atoms with E-state index < -0.39 is 4.92 Å². The van der Waals surface area contributed by atoms with Crippen molar-refractivity contribution >= 4 is 22.2 Å². The van der Waals surface area contributed by atoms with Gasteiger partial charge in [-0.25, -0.2) is 9.66 Å². The number of nitrogens with zero attached hydrogens (tertiary/aromatic N) is 5. The third-order valence-corrected chi connectivity index (χ3v) is 3.07. The van der Waals surface area contributed by atoms with Crippen LogP contribution in [0.4, 0.5) is 5.00 Å². The van der Waals surface area contributed by atoms with Crippen LogP contribution in [0.5, 0.6) is 0 Å². The first kappa shape index (κ1) is 9.04. The van der Waals surface area contributed by atoms with Crippen LogP contribution in [-0.2, 0) is 0 Å². The van der Waals surface area contributed by atoms with Crippen molar-refractivity contribution < 1.29 is 4.92 Å². The Morgan fingerprint density at radius 2 is 2.31 bits per heavy atom. The minimum Gasteiger partial charge on any atom is -0.258 e. The lowest BCUT2D eigenvalue weighted by molar-refractivity contribution is -0.380. The molecule has 0 spiro atoms. The van der Waals surface area contributed by atoms with Gasteiger partial charge in [-0.3, -0.25) is 10.1 Å². The maximum absolute atomic E-state index is 10.5. The smallest absolute Gasteiger partial charge is 0.258 e. The zero-order valence-corrected chi connectivity index (χ0v) is 8.66. The lowest BCUT2D eigenvalue weighted by Gasteiger charge is -1.99. The molecule has 1 aliphatic heterocycles. The zero-order valence-electron chi connectivity index (χ0n) is 7.85. The highest BCUT2D eigenvalue weighted by atomic mass is 32.1. The summed E-state index contributed by atoms with van der Waals surface area (Å²) in [4.78, 5) is 14.8. The van der Waals surface area contributed by atoms with Crippen LogP contribution < -0.4 is 5.12 Å². The molecule has 0 atom stereocenters. The Balaban J connectivity index is 1.81. The van der Waals surface area contributed by atoms with E-state index in [1.807, 2.05) is 0 Å². The van der Waals surface area contributed by atoms with Crippen LogP contribution in [0.2, 0.25) is 0 Å². The van der Waals surface area contributed by atoms with Crippen LogP contribution in [-0.4, -0.2) is 20.4 Å². The van der Waals surface area contributed by atoms with Gasteiger partial charge in [0.15, 0.2) is 0 Å². The van der Waals surface area contributed by atoms with Crippen LogP contribution in [0.15, 0.2) is 36.0 Å². The summed E-state index contributed by atoms with van der Waals surface area (Å²) in [5.41, 5.74) is 0. The number of hydrazone groups is 1. The molecule has 1 aliphatic rings. The number of imidazole rings is 1. The second-order valence-electron chi connectivity index (χ2n) is 3.05. The number of rotatable bonds is 3. The quantitative estimate of drug-likeness (QED) is 0.591. The van der Waals surface area contributed by atoms with Crippen molar-refractivity contribution in [3.05, 3.63) is 45.8 Å². The number of amidine groups is 1.